The average molecular weight is 406 g/mol. The molecule has 1 saturated heterocycles. The number of fused-ring (bicyclic) bond motifs is 2. The number of amides is 2. The van der Waals surface area contributed by atoms with Crippen molar-refractivity contribution >= 4 is 39.5 Å². The zero-order valence-electron chi connectivity index (χ0n) is 12.2. The van der Waals surface area contributed by atoms with Crippen LogP contribution in [-0.2, 0) is 0 Å². The summed E-state index contributed by atoms with van der Waals surface area (Å²) in [5, 5.41) is 9.39. The summed E-state index contributed by atoms with van der Waals surface area (Å²) in [7, 11) is 1.49. The molecule has 9 heteroatoms. The Hall–Kier alpha value is -1.67. The molecule has 23 heavy (non-hydrogen) atoms. The number of benzene rings is 1. The molecule has 1 aromatic rings. The fraction of sp³-hybridized carbons (Fsp3) is 0.429. The number of ether oxygens (including phenoxy) is 2. The quantitative estimate of drug-likeness (QED) is 0.776. The molecule has 0 radical (unpaired) electrons. The number of hydrogen-bond acceptors (Lipinski definition) is 4. The van der Waals surface area contributed by atoms with Gasteiger partial charge >= 0.3 is 6.09 Å². The van der Waals surface area contributed by atoms with Crippen LogP contribution in [0.15, 0.2) is 10.5 Å². The first-order valence-electron chi connectivity index (χ1n) is 6.91. The molecule has 124 valence electrons. The summed E-state index contributed by atoms with van der Waals surface area (Å²) in [5.41, 5.74) is 0.321. The van der Waals surface area contributed by atoms with Crippen molar-refractivity contribution in [2.45, 2.75) is 6.04 Å². The second-order valence-corrected chi connectivity index (χ2v) is 6.45. The van der Waals surface area contributed by atoms with Crippen LogP contribution in [0, 0.1) is 0 Å². The van der Waals surface area contributed by atoms with E-state index in [1.165, 1.54) is 12.0 Å². The smallest absolute Gasteiger partial charge is 0.407 e. The molecule has 1 fully saturated rings. The summed E-state index contributed by atoms with van der Waals surface area (Å²) < 4.78 is 11.5. The molecule has 3 rings (SSSR count). The molecule has 2 aliphatic rings. The van der Waals surface area contributed by atoms with Crippen LogP contribution in [0.5, 0.6) is 11.5 Å². The van der Waals surface area contributed by atoms with E-state index in [2.05, 4.69) is 15.9 Å². The molecule has 1 aromatic carbocycles. The van der Waals surface area contributed by atoms with E-state index in [0.29, 0.717) is 28.1 Å². The predicted octanol–water partition coefficient (Wildman–Crippen LogP) is 2.31. The van der Waals surface area contributed by atoms with Gasteiger partial charge in [0.05, 0.1) is 23.2 Å². The summed E-state index contributed by atoms with van der Waals surface area (Å²) in [5.74, 6) is 0.495. The average Bonchev–Trinajstić information content (AvgIpc) is 2.68. The van der Waals surface area contributed by atoms with Crippen molar-refractivity contribution in [3.63, 3.8) is 0 Å². The van der Waals surface area contributed by atoms with Gasteiger partial charge in [-0.2, -0.15) is 0 Å². The number of methoxy groups -OCH3 is 1. The summed E-state index contributed by atoms with van der Waals surface area (Å²) in [6, 6.07) is 1.24. The molecule has 0 spiro atoms. The van der Waals surface area contributed by atoms with Crippen LogP contribution in [0.3, 0.4) is 0 Å². The first kappa shape index (κ1) is 16.2. The lowest BCUT2D eigenvalue weighted by Gasteiger charge is -2.38. The minimum Gasteiger partial charge on any atom is -0.495 e. The first-order chi connectivity index (χ1) is 10.9. The highest BCUT2D eigenvalue weighted by molar-refractivity contribution is 9.10. The normalized spacial score (nSPS) is 20.3. The van der Waals surface area contributed by atoms with Crippen molar-refractivity contribution in [1.82, 2.24) is 9.80 Å². The Labute approximate surface area is 145 Å². The Bertz CT molecular complexity index is 684. The topological polar surface area (TPSA) is 79.3 Å². The van der Waals surface area contributed by atoms with Crippen LogP contribution in [0.4, 0.5) is 4.79 Å². The maximum atomic E-state index is 12.8. The van der Waals surface area contributed by atoms with E-state index in [-0.39, 0.29) is 36.7 Å². The maximum Gasteiger partial charge on any atom is 0.407 e. The minimum atomic E-state index is -0.999. The van der Waals surface area contributed by atoms with E-state index >= 15 is 0 Å². The number of piperazine rings is 1. The Balaban J connectivity index is 1.99. The number of hydrogen-bond donors (Lipinski definition) is 1. The van der Waals surface area contributed by atoms with Crippen LogP contribution < -0.4 is 9.47 Å². The van der Waals surface area contributed by atoms with Crippen molar-refractivity contribution in [3.8, 4) is 11.5 Å². The number of carbonyl (C=O) groups excluding carboxylic acids is 1. The predicted molar refractivity (Wildman–Crippen MR) is 85.6 cm³/mol. The molecule has 1 N–H and O–H groups in total. The Morgan fingerprint density at radius 2 is 2.26 bits per heavy atom. The molecule has 0 bridgehead atoms. The van der Waals surface area contributed by atoms with E-state index in [0.717, 1.165) is 0 Å². The lowest BCUT2D eigenvalue weighted by molar-refractivity contribution is 0.0390. The Kier molecular flexibility index (Phi) is 4.29. The van der Waals surface area contributed by atoms with Crippen LogP contribution in [0.1, 0.15) is 10.4 Å². The van der Waals surface area contributed by atoms with Crippen LogP contribution in [0.25, 0.3) is 0 Å². The van der Waals surface area contributed by atoms with Crippen LogP contribution >= 0.6 is 27.5 Å². The molecule has 2 amide bonds. The molecule has 0 aliphatic carbocycles. The van der Waals surface area contributed by atoms with E-state index < -0.39 is 6.09 Å². The molecular formula is C14H14BrClN2O5. The third kappa shape index (κ3) is 2.70. The molecule has 2 aliphatic heterocycles. The van der Waals surface area contributed by atoms with Gasteiger partial charge in [-0.1, -0.05) is 11.6 Å². The molecule has 1 atom stereocenters. The molecule has 7 nitrogen and oxygen atoms in total. The number of rotatable bonds is 1. The lowest BCUT2D eigenvalue weighted by Crippen LogP contribution is -2.57. The second-order valence-electron chi connectivity index (χ2n) is 5.28. The van der Waals surface area contributed by atoms with Crippen molar-refractivity contribution < 1.29 is 24.2 Å². The maximum absolute atomic E-state index is 12.8. The fourth-order valence-corrected chi connectivity index (χ4v) is 3.51. The summed E-state index contributed by atoms with van der Waals surface area (Å²) in [6.07, 6.45) is -0.999. The van der Waals surface area contributed by atoms with Gasteiger partial charge in [0.2, 0.25) is 0 Å². The molecule has 0 saturated carbocycles. The van der Waals surface area contributed by atoms with Gasteiger partial charge in [-0.15, -0.1) is 0 Å². The van der Waals surface area contributed by atoms with E-state index in [9.17, 15) is 9.59 Å². The van der Waals surface area contributed by atoms with Gasteiger partial charge < -0.3 is 24.4 Å². The number of carbonyl (C=O) groups is 2. The summed E-state index contributed by atoms with van der Waals surface area (Å²) in [6.45, 7) is 0.981. The largest absolute Gasteiger partial charge is 0.495 e. The van der Waals surface area contributed by atoms with Crippen molar-refractivity contribution in [3.05, 3.63) is 21.1 Å². The van der Waals surface area contributed by atoms with E-state index in [1.54, 1.807) is 11.0 Å². The first-order valence-corrected chi connectivity index (χ1v) is 8.08. The zero-order valence-corrected chi connectivity index (χ0v) is 14.6. The summed E-state index contributed by atoms with van der Waals surface area (Å²) >= 11 is 9.60. The van der Waals surface area contributed by atoms with E-state index in [1.807, 2.05) is 0 Å². The lowest BCUT2D eigenvalue weighted by atomic mass is 10.1. The number of halogens is 2. The highest BCUT2D eigenvalue weighted by Gasteiger charge is 2.38. The van der Waals surface area contributed by atoms with Gasteiger partial charge in [0.15, 0.2) is 5.75 Å². The molecule has 0 aromatic heterocycles. The van der Waals surface area contributed by atoms with Crippen LogP contribution in [-0.4, -0.2) is 66.3 Å². The minimum absolute atomic E-state index is 0.182. The van der Waals surface area contributed by atoms with Gasteiger partial charge in [0.25, 0.3) is 5.91 Å². The molecule has 0 unspecified atom stereocenters. The van der Waals surface area contributed by atoms with Gasteiger partial charge in [-0.3, -0.25) is 4.79 Å². The van der Waals surface area contributed by atoms with E-state index in [4.69, 9.17) is 26.2 Å². The number of carboxylic acid groups (broad SMARTS) is 1. The third-order valence-corrected chi connectivity index (χ3v) is 5.39. The standard InChI is InChI=1S/C14H14BrClN2O5/c1-22-9-4-8-12(11(16)10(9)15)23-6-7-5-17(14(20)21)2-3-18(7)13(8)19/h4,7H,2-3,5-6H2,1H3,(H,20,21)/t7-/m1/s1. The van der Waals surface area contributed by atoms with Crippen molar-refractivity contribution in [1.29, 1.82) is 0 Å². The van der Waals surface area contributed by atoms with Crippen LogP contribution in [0.2, 0.25) is 5.02 Å². The monoisotopic (exact) mass is 404 g/mol. The summed E-state index contributed by atoms with van der Waals surface area (Å²) in [4.78, 5) is 26.9. The second kappa shape index (κ2) is 6.09. The Morgan fingerprint density at radius 3 is 2.91 bits per heavy atom. The fourth-order valence-electron chi connectivity index (χ4n) is 2.81. The van der Waals surface area contributed by atoms with Crippen molar-refractivity contribution in [2.75, 3.05) is 33.4 Å². The molecular weight excluding hydrogens is 392 g/mol. The highest BCUT2D eigenvalue weighted by Crippen LogP contribution is 2.43. The zero-order chi connectivity index (χ0) is 16.7. The van der Waals surface area contributed by atoms with Gasteiger partial charge in [0, 0.05) is 19.6 Å². The van der Waals surface area contributed by atoms with Gasteiger partial charge in [0.1, 0.15) is 17.4 Å². The number of nitrogens with zero attached hydrogens (tertiary/aromatic N) is 2. The SMILES string of the molecule is COc1cc2c(c(Cl)c1Br)OC[C@H]1CN(C(=O)O)CCN1C2=O. The van der Waals surface area contributed by atoms with Crippen molar-refractivity contribution in [2.24, 2.45) is 0 Å². The molecule has 2 heterocycles. The van der Waals surface area contributed by atoms with Gasteiger partial charge in [-0.25, -0.2) is 4.79 Å². The highest BCUT2D eigenvalue weighted by atomic mass is 79.9. The third-order valence-electron chi connectivity index (χ3n) is 4.01. The Morgan fingerprint density at radius 1 is 1.52 bits per heavy atom. The van der Waals surface area contributed by atoms with Gasteiger partial charge in [-0.05, 0) is 22.0 Å².